The van der Waals surface area contributed by atoms with E-state index >= 15 is 0 Å². The SMILES string of the molecule is CC=CC(=O)S. The highest BCUT2D eigenvalue weighted by molar-refractivity contribution is 7.97. The first-order chi connectivity index (χ1) is 2.77. The molecule has 0 rings (SSSR count). The summed E-state index contributed by atoms with van der Waals surface area (Å²) in [5, 5.41) is -0.197. The molecule has 0 saturated heterocycles. The minimum Gasteiger partial charge on any atom is -0.283 e. The normalized spacial score (nSPS) is 9.67. The van der Waals surface area contributed by atoms with Crippen LogP contribution in [-0.2, 0) is 4.79 Å². The Morgan fingerprint density at radius 2 is 2.33 bits per heavy atom. The molecular formula is C4H6OS. The van der Waals surface area contributed by atoms with Crippen molar-refractivity contribution >= 4 is 17.7 Å². The first-order valence-corrected chi connectivity index (χ1v) is 2.07. The highest BCUT2D eigenvalue weighted by atomic mass is 32.1. The lowest BCUT2D eigenvalue weighted by molar-refractivity contribution is -0.106. The van der Waals surface area contributed by atoms with Crippen LogP contribution in [-0.4, -0.2) is 5.12 Å². The van der Waals surface area contributed by atoms with Crippen LogP contribution in [0.2, 0.25) is 0 Å². The number of rotatable bonds is 1. The van der Waals surface area contributed by atoms with Gasteiger partial charge < -0.3 is 0 Å². The van der Waals surface area contributed by atoms with Crippen molar-refractivity contribution in [1.29, 1.82) is 0 Å². The number of thiol groups is 1. The van der Waals surface area contributed by atoms with Crippen molar-refractivity contribution in [2.45, 2.75) is 6.92 Å². The van der Waals surface area contributed by atoms with Gasteiger partial charge in [0, 0.05) is 0 Å². The molecule has 0 radical (unpaired) electrons. The van der Waals surface area contributed by atoms with Crippen molar-refractivity contribution in [3.8, 4) is 0 Å². The van der Waals surface area contributed by atoms with E-state index in [1.54, 1.807) is 13.0 Å². The highest BCUT2D eigenvalue weighted by Crippen LogP contribution is 1.77. The molecular weight excluding hydrogens is 96.1 g/mol. The molecule has 0 aliphatic rings. The molecule has 0 saturated carbocycles. The van der Waals surface area contributed by atoms with E-state index in [9.17, 15) is 4.79 Å². The minimum atomic E-state index is -0.197. The molecule has 0 spiro atoms. The van der Waals surface area contributed by atoms with Crippen LogP contribution in [0, 0.1) is 0 Å². The van der Waals surface area contributed by atoms with E-state index in [-0.39, 0.29) is 5.12 Å². The van der Waals surface area contributed by atoms with Crippen molar-refractivity contribution < 1.29 is 4.79 Å². The molecule has 34 valence electrons. The Morgan fingerprint density at radius 1 is 1.83 bits per heavy atom. The van der Waals surface area contributed by atoms with Crippen LogP contribution >= 0.6 is 12.6 Å². The van der Waals surface area contributed by atoms with Crippen molar-refractivity contribution in [3.63, 3.8) is 0 Å². The number of hydrogen-bond acceptors (Lipinski definition) is 1. The van der Waals surface area contributed by atoms with Gasteiger partial charge in [-0.05, 0) is 13.0 Å². The van der Waals surface area contributed by atoms with Gasteiger partial charge in [0.15, 0.2) is 0 Å². The lowest BCUT2D eigenvalue weighted by Gasteiger charge is -1.67. The zero-order valence-corrected chi connectivity index (χ0v) is 4.40. The van der Waals surface area contributed by atoms with E-state index in [0.29, 0.717) is 0 Å². The fourth-order valence-electron chi connectivity index (χ4n) is 0.143. The maximum absolute atomic E-state index is 9.82. The number of allylic oxidation sites excluding steroid dienone is 1. The Kier molecular flexibility index (Phi) is 2.85. The molecule has 0 unspecified atom stereocenters. The van der Waals surface area contributed by atoms with Gasteiger partial charge >= 0.3 is 0 Å². The zero-order valence-electron chi connectivity index (χ0n) is 3.51. The topological polar surface area (TPSA) is 17.1 Å². The molecule has 0 bridgehead atoms. The second-order valence-corrected chi connectivity index (χ2v) is 1.28. The average molecular weight is 102 g/mol. The van der Waals surface area contributed by atoms with Crippen LogP contribution in [0.25, 0.3) is 0 Å². The smallest absolute Gasteiger partial charge is 0.208 e. The largest absolute Gasteiger partial charge is 0.283 e. The summed E-state index contributed by atoms with van der Waals surface area (Å²) in [6.45, 7) is 1.77. The van der Waals surface area contributed by atoms with Crippen molar-refractivity contribution in [2.75, 3.05) is 0 Å². The van der Waals surface area contributed by atoms with Crippen LogP contribution in [0.15, 0.2) is 12.2 Å². The second kappa shape index (κ2) is 2.97. The summed E-state index contributed by atoms with van der Waals surface area (Å²) in [6.07, 6.45) is 3.04. The van der Waals surface area contributed by atoms with E-state index in [2.05, 4.69) is 12.6 Å². The van der Waals surface area contributed by atoms with Gasteiger partial charge in [-0.1, -0.05) is 6.08 Å². The van der Waals surface area contributed by atoms with Gasteiger partial charge in [-0.2, -0.15) is 0 Å². The van der Waals surface area contributed by atoms with Gasteiger partial charge in [0.2, 0.25) is 5.12 Å². The fraction of sp³-hybridized carbons (Fsp3) is 0.250. The van der Waals surface area contributed by atoms with Crippen LogP contribution in [0.5, 0.6) is 0 Å². The van der Waals surface area contributed by atoms with Gasteiger partial charge in [-0.3, -0.25) is 4.79 Å². The van der Waals surface area contributed by atoms with Crippen LogP contribution in [0.4, 0.5) is 0 Å². The molecule has 1 nitrogen and oxygen atoms in total. The lowest BCUT2D eigenvalue weighted by Crippen LogP contribution is -1.70. The number of carbonyl (C=O) groups excluding carboxylic acids is 1. The Morgan fingerprint density at radius 3 is 2.33 bits per heavy atom. The molecule has 0 aromatic carbocycles. The molecule has 0 aromatic rings. The zero-order chi connectivity index (χ0) is 4.99. The van der Waals surface area contributed by atoms with E-state index in [1.807, 2.05) is 0 Å². The first-order valence-electron chi connectivity index (χ1n) is 1.63. The quantitative estimate of drug-likeness (QED) is 0.386. The second-order valence-electron chi connectivity index (χ2n) is 0.838. The standard InChI is InChI=1S/C4H6OS/c1-2-3-4(5)6/h2-3H,1H3,(H,5,6). The predicted octanol–water partition coefficient (Wildman–Crippen LogP) is 1.02. The fourth-order valence-corrected chi connectivity index (χ4v) is 0.292. The summed E-state index contributed by atoms with van der Waals surface area (Å²) >= 11 is 3.45. The van der Waals surface area contributed by atoms with E-state index < -0.39 is 0 Å². The van der Waals surface area contributed by atoms with E-state index in [4.69, 9.17) is 0 Å². The number of carbonyl (C=O) groups is 1. The minimum absolute atomic E-state index is 0.197. The maximum atomic E-state index is 9.82. The predicted molar refractivity (Wildman–Crippen MR) is 28.8 cm³/mol. The summed E-state index contributed by atoms with van der Waals surface area (Å²) in [5.74, 6) is 0. The lowest BCUT2D eigenvalue weighted by atomic mass is 10.6. The summed E-state index contributed by atoms with van der Waals surface area (Å²) < 4.78 is 0. The summed E-state index contributed by atoms with van der Waals surface area (Å²) in [4.78, 5) is 9.82. The molecule has 0 heterocycles. The number of hydrogen-bond donors (Lipinski definition) is 1. The van der Waals surface area contributed by atoms with Crippen molar-refractivity contribution in [1.82, 2.24) is 0 Å². The molecule has 6 heavy (non-hydrogen) atoms. The molecule has 0 aromatic heterocycles. The van der Waals surface area contributed by atoms with Crippen LogP contribution in [0.1, 0.15) is 6.92 Å². The third kappa shape index (κ3) is 3.76. The van der Waals surface area contributed by atoms with Gasteiger partial charge in [0.1, 0.15) is 0 Å². The molecule has 0 N–H and O–H groups in total. The maximum Gasteiger partial charge on any atom is 0.208 e. The van der Waals surface area contributed by atoms with E-state index in [1.165, 1.54) is 6.08 Å². The van der Waals surface area contributed by atoms with Crippen molar-refractivity contribution in [3.05, 3.63) is 12.2 Å². The molecule has 0 aliphatic heterocycles. The van der Waals surface area contributed by atoms with Gasteiger partial charge in [0.25, 0.3) is 0 Å². The summed E-state index contributed by atoms with van der Waals surface area (Å²) in [7, 11) is 0. The highest BCUT2D eigenvalue weighted by Gasteiger charge is 1.74. The third-order valence-electron chi connectivity index (χ3n) is 0.309. The van der Waals surface area contributed by atoms with Crippen molar-refractivity contribution in [2.24, 2.45) is 0 Å². The Balaban J connectivity index is 3.30. The Bertz CT molecular complexity index is 75.6. The van der Waals surface area contributed by atoms with Crippen LogP contribution < -0.4 is 0 Å². The molecule has 0 amide bonds. The monoisotopic (exact) mass is 102 g/mol. The Hall–Kier alpha value is -0.240. The van der Waals surface area contributed by atoms with Gasteiger partial charge in [-0.25, -0.2) is 0 Å². The third-order valence-corrected chi connectivity index (χ3v) is 0.458. The van der Waals surface area contributed by atoms with Gasteiger partial charge in [0.05, 0.1) is 0 Å². The molecule has 2 heteroatoms. The average Bonchev–Trinajstić information content (AvgIpc) is 1.35. The van der Waals surface area contributed by atoms with Gasteiger partial charge in [-0.15, -0.1) is 12.6 Å². The summed E-state index contributed by atoms with van der Waals surface area (Å²) in [5.41, 5.74) is 0. The van der Waals surface area contributed by atoms with Crippen LogP contribution in [0.3, 0.4) is 0 Å². The molecule has 0 atom stereocenters. The summed E-state index contributed by atoms with van der Waals surface area (Å²) in [6, 6.07) is 0. The first kappa shape index (κ1) is 5.76. The Labute approximate surface area is 42.5 Å². The molecule has 0 aliphatic carbocycles. The molecule has 0 fully saturated rings. The van der Waals surface area contributed by atoms with E-state index in [0.717, 1.165) is 0 Å².